The van der Waals surface area contributed by atoms with E-state index in [1.807, 2.05) is 6.92 Å². The molecule has 5 atom stereocenters. The van der Waals surface area contributed by atoms with Crippen LogP contribution in [-0.4, -0.2) is 53.8 Å². The predicted molar refractivity (Wildman–Crippen MR) is 80.5 cm³/mol. The summed E-state index contributed by atoms with van der Waals surface area (Å²) in [7, 11) is 0. The lowest BCUT2D eigenvalue weighted by molar-refractivity contribution is -0.143. The van der Waals surface area contributed by atoms with Crippen molar-refractivity contribution in [2.45, 2.75) is 51.2 Å². The van der Waals surface area contributed by atoms with Gasteiger partial charge in [0.2, 0.25) is 0 Å². The van der Waals surface area contributed by atoms with Crippen molar-refractivity contribution < 1.29 is 19.4 Å². The number of carbonyl (C=O) groups is 2. The number of nitrogens with zero attached hydrogens (tertiary/aromatic N) is 1. The van der Waals surface area contributed by atoms with Gasteiger partial charge in [-0.15, -0.1) is 0 Å². The molecule has 2 bridgehead atoms. The molecule has 3 aliphatic rings. The van der Waals surface area contributed by atoms with Crippen LogP contribution in [0.2, 0.25) is 0 Å². The molecule has 0 aliphatic carbocycles. The zero-order valence-electron chi connectivity index (χ0n) is 13.2. The van der Waals surface area contributed by atoms with Gasteiger partial charge in [-0.25, -0.2) is 4.79 Å². The standard InChI is InChI=1S/C16H26N2O4/c1-10-6-12(15(19)20)9-18(8-10)16(21)17-5-4-11-7-13-2-3-14(11)22-13/h10-14H,2-9H2,1H3,(H,17,21)(H,19,20). The number of aliphatic carboxylic acids is 1. The Morgan fingerprint density at radius 3 is 2.73 bits per heavy atom. The van der Waals surface area contributed by atoms with Crippen LogP contribution in [0.5, 0.6) is 0 Å². The van der Waals surface area contributed by atoms with Crippen molar-refractivity contribution in [2.24, 2.45) is 17.8 Å². The normalized spacial score (nSPS) is 37.3. The summed E-state index contributed by atoms with van der Waals surface area (Å²) in [6, 6.07) is -0.123. The van der Waals surface area contributed by atoms with Gasteiger partial charge in [0.05, 0.1) is 18.1 Å². The Morgan fingerprint density at radius 2 is 2.09 bits per heavy atom. The van der Waals surface area contributed by atoms with Gasteiger partial charge >= 0.3 is 12.0 Å². The number of hydrogen-bond donors (Lipinski definition) is 2. The molecule has 3 saturated heterocycles. The SMILES string of the molecule is CC1CC(C(=O)O)CN(C(=O)NCCC2CC3CCC2O3)C1. The second-order valence-electron chi connectivity index (χ2n) is 7.17. The minimum Gasteiger partial charge on any atom is -0.481 e. The zero-order chi connectivity index (χ0) is 15.7. The molecule has 6 nitrogen and oxygen atoms in total. The van der Waals surface area contributed by atoms with Crippen LogP contribution in [0, 0.1) is 17.8 Å². The number of carboxylic acids is 1. The Kier molecular flexibility index (Phi) is 4.57. The van der Waals surface area contributed by atoms with E-state index in [-0.39, 0.29) is 11.9 Å². The first-order chi connectivity index (χ1) is 10.5. The molecule has 0 aromatic heterocycles. The Hall–Kier alpha value is -1.30. The third kappa shape index (κ3) is 3.37. The van der Waals surface area contributed by atoms with Crippen LogP contribution >= 0.6 is 0 Å². The lowest BCUT2D eigenvalue weighted by Crippen LogP contribution is -2.49. The summed E-state index contributed by atoms with van der Waals surface area (Å²) in [5.41, 5.74) is 0. The fourth-order valence-corrected chi connectivity index (χ4v) is 4.22. The third-order valence-corrected chi connectivity index (χ3v) is 5.32. The number of hydrogen-bond acceptors (Lipinski definition) is 3. The summed E-state index contributed by atoms with van der Waals surface area (Å²) in [6.45, 7) is 3.62. The average Bonchev–Trinajstić information content (AvgIpc) is 3.09. The van der Waals surface area contributed by atoms with Crippen LogP contribution in [-0.2, 0) is 9.53 Å². The monoisotopic (exact) mass is 310 g/mol. The largest absolute Gasteiger partial charge is 0.481 e. The highest BCUT2D eigenvalue weighted by molar-refractivity contribution is 5.76. The number of fused-ring (bicyclic) bond motifs is 2. The Labute approximate surface area is 131 Å². The minimum atomic E-state index is -0.802. The van der Waals surface area contributed by atoms with E-state index in [2.05, 4.69) is 5.32 Å². The molecule has 0 saturated carbocycles. The highest BCUT2D eigenvalue weighted by Crippen LogP contribution is 2.40. The molecule has 3 fully saturated rings. The van der Waals surface area contributed by atoms with Crippen LogP contribution in [0.3, 0.4) is 0 Å². The number of carbonyl (C=O) groups excluding carboxylic acids is 1. The van der Waals surface area contributed by atoms with E-state index in [1.165, 1.54) is 6.42 Å². The van der Waals surface area contributed by atoms with Gasteiger partial charge in [0.1, 0.15) is 0 Å². The molecule has 0 spiro atoms. The number of piperidine rings is 1. The molecule has 0 radical (unpaired) electrons. The summed E-state index contributed by atoms with van der Waals surface area (Å²) in [4.78, 5) is 25.1. The minimum absolute atomic E-state index is 0.123. The Balaban J connectivity index is 1.42. The molecule has 6 heteroatoms. The second kappa shape index (κ2) is 6.44. The van der Waals surface area contributed by atoms with Gasteiger partial charge in [0.15, 0.2) is 0 Å². The van der Waals surface area contributed by atoms with Crippen molar-refractivity contribution in [1.29, 1.82) is 0 Å². The first-order valence-electron chi connectivity index (χ1n) is 8.44. The number of rotatable bonds is 4. The van der Waals surface area contributed by atoms with E-state index in [9.17, 15) is 9.59 Å². The highest BCUT2D eigenvalue weighted by Gasteiger charge is 2.40. The van der Waals surface area contributed by atoms with Crippen molar-refractivity contribution in [1.82, 2.24) is 10.2 Å². The summed E-state index contributed by atoms with van der Waals surface area (Å²) in [6.07, 6.45) is 5.93. The first kappa shape index (κ1) is 15.6. The molecule has 2 amide bonds. The number of urea groups is 1. The predicted octanol–water partition coefficient (Wildman–Crippen LogP) is 1.70. The Morgan fingerprint density at radius 1 is 1.27 bits per heavy atom. The van der Waals surface area contributed by atoms with E-state index < -0.39 is 11.9 Å². The van der Waals surface area contributed by atoms with Gasteiger partial charge in [-0.3, -0.25) is 4.79 Å². The smallest absolute Gasteiger partial charge is 0.317 e. The summed E-state index contributed by atoms with van der Waals surface area (Å²) < 4.78 is 5.82. The number of carboxylic acid groups (broad SMARTS) is 1. The maximum Gasteiger partial charge on any atom is 0.317 e. The molecule has 2 N–H and O–H groups in total. The number of ether oxygens (including phenoxy) is 1. The molecule has 0 aromatic carbocycles. The topological polar surface area (TPSA) is 78.9 Å². The van der Waals surface area contributed by atoms with E-state index >= 15 is 0 Å². The lowest BCUT2D eigenvalue weighted by Gasteiger charge is -2.34. The van der Waals surface area contributed by atoms with Gasteiger partial charge in [-0.05, 0) is 43.9 Å². The quantitative estimate of drug-likeness (QED) is 0.828. The lowest BCUT2D eigenvalue weighted by atomic mass is 9.87. The first-order valence-corrected chi connectivity index (χ1v) is 8.44. The van der Waals surface area contributed by atoms with Gasteiger partial charge in [0.25, 0.3) is 0 Å². The van der Waals surface area contributed by atoms with E-state index in [1.54, 1.807) is 4.90 Å². The van der Waals surface area contributed by atoms with E-state index in [0.29, 0.717) is 44.2 Å². The zero-order valence-corrected chi connectivity index (χ0v) is 13.2. The van der Waals surface area contributed by atoms with Crippen molar-refractivity contribution >= 4 is 12.0 Å². The highest BCUT2D eigenvalue weighted by atomic mass is 16.5. The fraction of sp³-hybridized carbons (Fsp3) is 0.875. The van der Waals surface area contributed by atoms with Crippen LogP contribution in [0.4, 0.5) is 4.79 Å². The summed E-state index contributed by atoms with van der Waals surface area (Å²) >= 11 is 0. The number of likely N-dealkylation sites (tertiary alicyclic amines) is 1. The molecule has 124 valence electrons. The number of nitrogens with one attached hydrogen (secondary N) is 1. The van der Waals surface area contributed by atoms with Crippen LogP contribution in [0.25, 0.3) is 0 Å². The van der Waals surface area contributed by atoms with Crippen molar-refractivity contribution in [3.05, 3.63) is 0 Å². The van der Waals surface area contributed by atoms with Crippen LogP contribution in [0.15, 0.2) is 0 Å². The summed E-state index contributed by atoms with van der Waals surface area (Å²) in [5, 5.41) is 12.1. The fourth-order valence-electron chi connectivity index (χ4n) is 4.22. The van der Waals surface area contributed by atoms with Gasteiger partial charge < -0.3 is 20.1 Å². The van der Waals surface area contributed by atoms with Crippen molar-refractivity contribution in [3.63, 3.8) is 0 Å². The van der Waals surface area contributed by atoms with Gasteiger partial charge in [-0.2, -0.15) is 0 Å². The third-order valence-electron chi connectivity index (χ3n) is 5.32. The number of amides is 2. The molecule has 22 heavy (non-hydrogen) atoms. The van der Waals surface area contributed by atoms with Crippen molar-refractivity contribution in [3.8, 4) is 0 Å². The van der Waals surface area contributed by atoms with E-state index in [0.717, 1.165) is 19.3 Å². The van der Waals surface area contributed by atoms with Crippen LogP contribution in [0.1, 0.15) is 39.0 Å². The van der Waals surface area contributed by atoms with E-state index in [4.69, 9.17) is 9.84 Å². The maximum absolute atomic E-state index is 12.2. The maximum atomic E-state index is 12.2. The van der Waals surface area contributed by atoms with Crippen molar-refractivity contribution in [2.75, 3.05) is 19.6 Å². The molecule has 3 heterocycles. The summed E-state index contributed by atoms with van der Waals surface area (Å²) in [5.74, 6) is -0.428. The molecule has 3 aliphatic heterocycles. The second-order valence-corrected chi connectivity index (χ2v) is 7.17. The molecule has 0 aromatic rings. The van der Waals surface area contributed by atoms with Gasteiger partial charge in [-0.1, -0.05) is 6.92 Å². The van der Waals surface area contributed by atoms with Gasteiger partial charge in [0, 0.05) is 19.6 Å². The molecular formula is C16H26N2O4. The van der Waals surface area contributed by atoms with Crippen LogP contribution < -0.4 is 5.32 Å². The average molecular weight is 310 g/mol. The molecule has 5 unspecified atom stereocenters. The molecule has 3 rings (SSSR count). The molecular weight excluding hydrogens is 284 g/mol. The Bertz CT molecular complexity index is 442.